The fourth-order valence-electron chi connectivity index (χ4n) is 2.66. The van der Waals surface area contributed by atoms with Gasteiger partial charge in [-0.15, -0.1) is 0 Å². The van der Waals surface area contributed by atoms with Crippen LogP contribution < -0.4 is 11.5 Å². The average molecular weight is 381 g/mol. The number of aryl methyl sites for hydroxylation is 1. The van der Waals surface area contributed by atoms with E-state index in [1.807, 2.05) is 24.4 Å². The summed E-state index contributed by atoms with van der Waals surface area (Å²) >= 11 is 0. The predicted octanol–water partition coefficient (Wildman–Crippen LogP) is 3.50. The van der Waals surface area contributed by atoms with Gasteiger partial charge in [0.25, 0.3) is 0 Å². The molecule has 0 fully saturated rings. The van der Waals surface area contributed by atoms with E-state index in [0.29, 0.717) is 6.42 Å². The number of rotatable bonds is 7. The summed E-state index contributed by atoms with van der Waals surface area (Å²) in [5, 5.41) is 9.57. The maximum Gasteiger partial charge on any atom is 0.303 e. The summed E-state index contributed by atoms with van der Waals surface area (Å²) in [4.78, 5) is 22.4. The van der Waals surface area contributed by atoms with Crippen LogP contribution in [0.2, 0.25) is 0 Å². The molecule has 2 heterocycles. The third-order valence-electron chi connectivity index (χ3n) is 4.29. The molecule has 7 heteroatoms. The van der Waals surface area contributed by atoms with Crippen molar-refractivity contribution < 1.29 is 9.90 Å². The van der Waals surface area contributed by atoms with E-state index in [4.69, 9.17) is 16.6 Å². The van der Waals surface area contributed by atoms with Gasteiger partial charge >= 0.3 is 5.97 Å². The monoisotopic (exact) mass is 381 g/mol. The zero-order valence-corrected chi connectivity index (χ0v) is 16.1. The quantitative estimate of drug-likeness (QED) is 0.534. The number of hydrogen-bond acceptors (Lipinski definition) is 6. The van der Waals surface area contributed by atoms with E-state index in [1.54, 1.807) is 12.3 Å². The molecule has 0 saturated heterocycles. The number of nitrogens with two attached hydrogens (primary N) is 2. The van der Waals surface area contributed by atoms with Crippen LogP contribution in [0.15, 0.2) is 48.8 Å². The van der Waals surface area contributed by atoms with Gasteiger partial charge < -0.3 is 16.6 Å². The molecule has 0 saturated carbocycles. The average Bonchev–Trinajstić information content (AvgIpc) is 2.70. The molecule has 7 nitrogen and oxygen atoms in total. The normalized spacial score (nSPS) is 11.5. The van der Waals surface area contributed by atoms with E-state index >= 15 is 0 Å². The minimum atomic E-state index is -0.757. The summed E-state index contributed by atoms with van der Waals surface area (Å²) in [6.45, 7) is 2.08. The summed E-state index contributed by atoms with van der Waals surface area (Å²) in [7, 11) is 0. The first-order valence-electron chi connectivity index (χ1n) is 9.39. The second-order valence-electron chi connectivity index (χ2n) is 6.48. The van der Waals surface area contributed by atoms with Crippen molar-refractivity contribution >= 4 is 22.8 Å². The van der Waals surface area contributed by atoms with Gasteiger partial charge in [0, 0.05) is 35.9 Å². The second-order valence-corrected chi connectivity index (χ2v) is 6.48. The molecule has 0 spiro atoms. The van der Waals surface area contributed by atoms with E-state index in [2.05, 4.69) is 34.0 Å². The minimum Gasteiger partial charge on any atom is -0.481 e. The number of fused-ring (bicyclic) bond motifs is 1. The number of carbonyl (C=O) groups is 1. The largest absolute Gasteiger partial charge is 0.481 e. The third-order valence-corrected chi connectivity index (χ3v) is 4.29. The number of carboxylic acids is 1. The number of benzene rings is 1. The smallest absolute Gasteiger partial charge is 0.303 e. The molecule has 3 aromatic rings. The first-order chi connectivity index (χ1) is 13.5. The van der Waals surface area contributed by atoms with Crippen molar-refractivity contribution in [3.63, 3.8) is 0 Å². The van der Waals surface area contributed by atoms with Gasteiger partial charge in [-0.05, 0) is 49.4 Å². The SMILES string of the molecule is CCC(N)c1cnc2ccccc2c1.Nc1nccc(CCCCC(=O)O)n1. The Hall–Kier alpha value is -3.06. The molecule has 0 bridgehead atoms. The van der Waals surface area contributed by atoms with Crippen molar-refractivity contribution in [3.8, 4) is 0 Å². The number of nitrogen functional groups attached to an aromatic ring is 1. The zero-order chi connectivity index (χ0) is 20.4. The highest BCUT2D eigenvalue weighted by Crippen LogP contribution is 2.18. The summed E-state index contributed by atoms with van der Waals surface area (Å²) in [6, 6.07) is 12.1. The van der Waals surface area contributed by atoms with Crippen LogP contribution in [0.1, 0.15) is 49.9 Å². The van der Waals surface area contributed by atoms with Crippen molar-refractivity contribution in [1.82, 2.24) is 15.0 Å². The molecular weight excluding hydrogens is 354 g/mol. The Balaban J connectivity index is 0.000000200. The first-order valence-corrected chi connectivity index (χ1v) is 9.39. The molecule has 148 valence electrons. The number of hydrogen-bond donors (Lipinski definition) is 3. The van der Waals surface area contributed by atoms with E-state index in [-0.39, 0.29) is 18.4 Å². The van der Waals surface area contributed by atoms with Crippen molar-refractivity contribution in [3.05, 3.63) is 60.0 Å². The number of para-hydroxylation sites is 1. The van der Waals surface area contributed by atoms with Crippen LogP contribution in [0.3, 0.4) is 0 Å². The van der Waals surface area contributed by atoms with E-state index in [1.165, 1.54) is 0 Å². The van der Waals surface area contributed by atoms with E-state index in [0.717, 1.165) is 41.4 Å². The topological polar surface area (TPSA) is 128 Å². The number of aromatic nitrogens is 3. The second kappa shape index (κ2) is 10.9. The lowest BCUT2D eigenvalue weighted by Crippen LogP contribution is -2.08. The number of aliphatic carboxylic acids is 1. The molecule has 1 unspecified atom stereocenters. The first kappa shape index (κ1) is 21.2. The molecule has 0 aliphatic rings. The van der Waals surface area contributed by atoms with Gasteiger partial charge in [0.15, 0.2) is 0 Å². The standard InChI is InChI=1S/C12H14N2.C9H13N3O2/c1-2-11(13)10-7-9-5-3-4-6-12(9)14-8-10;10-9-11-6-5-7(12-9)3-1-2-4-8(13)14/h3-8,11H,2,13H2,1H3;5-6H,1-4H2,(H,13,14)(H2,10,11,12). The number of anilines is 1. The number of pyridine rings is 1. The molecular formula is C21H27N5O2. The Kier molecular flexibility index (Phi) is 8.30. The highest BCUT2D eigenvalue weighted by molar-refractivity contribution is 5.78. The van der Waals surface area contributed by atoms with Gasteiger partial charge in [0.1, 0.15) is 0 Å². The van der Waals surface area contributed by atoms with Gasteiger partial charge in [-0.3, -0.25) is 9.78 Å². The molecule has 1 atom stereocenters. The molecule has 0 aliphatic heterocycles. The molecule has 28 heavy (non-hydrogen) atoms. The maximum atomic E-state index is 10.2. The van der Waals surface area contributed by atoms with Crippen LogP contribution in [0, 0.1) is 0 Å². The molecule has 0 aliphatic carbocycles. The van der Waals surface area contributed by atoms with Gasteiger partial charge in [-0.2, -0.15) is 0 Å². The fourth-order valence-corrected chi connectivity index (χ4v) is 2.66. The lowest BCUT2D eigenvalue weighted by atomic mass is 10.1. The predicted molar refractivity (Wildman–Crippen MR) is 111 cm³/mol. The lowest BCUT2D eigenvalue weighted by molar-refractivity contribution is -0.137. The molecule has 1 aromatic carbocycles. The summed E-state index contributed by atoms with van der Waals surface area (Å²) in [5.74, 6) is -0.493. The van der Waals surface area contributed by atoms with Crippen LogP contribution in [-0.4, -0.2) is 26.0 Å². The van der Waals surface area contributed by atoms with Crippen LogP contribution in [-0.2, 0) is 11.2 Å². The van der Waals surface area contributed by atoms with E-state index in [9.17, 15) is 4.79 Å². The van der Waals surface area contributed by atoms with Crippen molar-refractivity contribution in [2.45, 2.75) is 45.1 Å². The van der Waals surface area contributed by atoms with Crippen molar-refractivity contribution in [2.24, 2.45) is 5.73 Å². The molecule has 0 amide bonds. The van der Waals surface area contributed by atoms with E-state index < -0.39 is 5.97 Å². The summed E-state index contributed by atoms with van der Waals surface area (Å²) in [5.41, 5.74) is 14.3. The Morgan fingerprint density at radius 1 is 1.18 bits per heavy atom. The minimum absolute atomic E-state index is 0.104. The van der Waals surface area contributed by atoms with Crippen LogP contribution >= 0.6 is 0 Å². The molecule has 3 rings (SSSR count). The third kappa shape index (κ3) is 6.92. The van der Waals surface area contributed by atoms with Gasteiger partial charge in [-0.1, -0.05) is 25.1 Å². The van der Waals surface area contributed by atoms with Crippen LogP contribution in [0.5, 0.6) is 0 Å². The Morgan fingerprint density at radius 3 is 2.68 bits per heavy atom. The Labute approximate surface area is 164 Å². The highest BCUT2D eigenvalue weighted by atomic mass is 16.4. The molecule has 0 radical (unpaired) electrons. The molecule has 5 N–H and O–H groups in total. The van der Waals surface area contributed by atoms with Crippen LogP contribution in [0.4, 0.5) is 5.95 Å². The fraction of sp³-hybridized carbons (Fsp3) is 0.333. The Bertz CT molecular complexity index is 901. The number of carboxylic acid groups (broad SMARTS) is 1. The lowest BCUT2D eigenvalue weighted by Gasteiger charge is -2.08. The maximum absolute atomic E-state index is 10.2. The van der Waals surface area contributed by atoms with Crippen LogP contribution in [0.25, 0.3) is 10.9 Å². The van der Waals surface area contributed by atoms with Crippen molar-refractivity contribution in [1.29, 1.82) is 0 Å². The highest BCUT2D eigenvalue weighted by Gasteiger charge is 2.04. The summed E-state index contributed by atoms with van der Waals surface area (Å²) in [6.07, 6.45) is 6.86. The zero-order valence-electron chi connectivity index (χ0n) is 16.1. The number of nitrogens with zero attached hydrogens (tertiary/aromatic N) is 3. The van der Waals surface area contributed by atoms with Gasteiger partial charge in [0.05, 0.1) is 5.52 Å². The Morgan fingerprint density at radius 2 is 1.96 bits per heavy atom. The summed E-state index contributed by atoms with van der Waals surface area (Å²) < 4.78 is 0. The number of unbranched alkanes of at least 4 members (excludes halogenated alkanes) is 1. The van der Waals surface area contributed by atoms with Gasteiger partial charge in [0.2, 0.25) is 5.95 Å². The van der Waals surface area contributed by atoms with Crippen molar-refractivity contribution in [2.75, 3.05) is 5.73 Å². The molecule has 2 aromatic heterocycles. The van der Waals surface area contributed by atoms with Gasteiger partial charge in [-0.25, -0.2) is 9.97 Å².